The van der Waals surface area contributed by atoms with Crippen molar-refractivity contribution in [3.63, 3.8) is 0 Å². The number of nitrogens with zero attached hydrogens (tertiary/aromatic N) is 5. The van der Waals surface area contributed by atoms with Crippen LogP contribution in [-0.4, -0.2) is 43.1 Å². The molecule has 0 fully saturated rings. The highest BCUT2D eigenvalue weighted by Crippen LogP contribution is 2.24. The van der Waals surface area contributed by atoms with E-state index in [1.54, 1.807) is 0 Å². The molecule has 1 aromatic carbocycles. The number of aromatic nitrogens is 6. The van der Waals surface area contributed by atoms with E-state index in [0.29, 0.717) is 0 Å². The lowest BCUT2D eigenvalue weighted by molar-refractivity contribution is 1.10. The largest absolute Gasteiger partial charge is 0.288 e. The number of benzene rings is 1. The minimum absolute atomic E-state index is 0.746. The van der Waals surface area contributed by atoms with Gasteiger partial charge in [-0.05, 0) is 38.1 Å². The third-order valence-corrected chi connectivity index (χ3v) is 5.06. The van der Waals surface area contributed by atoms with E-state index < -0.39 is 0 Å². The molecule has 0 amide bonds. The average molecular weight is 468 g/mol. The van der Waals surface area contributed by atoms with Crippen LogP contribution in [0.4, 0.5) is 0 Å². The molecule has 180 valence electrons. The van der Waals surface area contributed by atoms with Gasteiger partial charge in [0.05, 0.1) is 17.6 Å². The molecule has 35 heavy (non-hydrogen) atoms. The number of aryl methyl sites for hydroxylation is 2. The summed E-state index contributed by atoms with van der Waals surface area (Å²) in [5, 5.41) is 14.6. The van der Waals surface area contributed by atoms with Gasteiger partial charge in [0.1, 0.15) is 22.4 Å². The van der Waals surface area contributed by atoms with Gasteiger partial charge in [-0.15, -0.1) is 0 Å². The second-order valence-electron chi connectivity index (χ2n) is 7.36. The van der Waals surface area contributed by atoms with Crippen LogP contribution in [0.25, 0.3) is 38.9 Å². The first-order valence-electron chi connectivity index (χ1n) is 12.1. The number of pyridine rings is 2. The zero-order valence-electron chi connectivity index (χ0n) is 21.3. The summed E-state index contributed by atoms with van der Waals surface area (Å²) in [7, 11) is 0. The second kappa shape index (κ2) is 12.4. The summed E-state index contributed by atoms with van der Waals surface area (Å²) in [5.41, 5.74) is 9.77. The van der Waals surface area contributed by atoms with Gasteiger partial charge in [-0.1, -0.05) is 64.1 Å². The molecule has 4 aromatic heterocycles. The third-order valence-electron chi connectivity index (χ3n) is 5.06. The normalized spacial score (nSPS) is 11.7. The van der Waals surface area contributed by atoms with Crippen molar-refractivity contribution in [2.75, 3.05) is 6.54 Å². The molecule has 0 spiro atoms. The van der Waals surface area contributed by atoms with Crippen LogP contribution in [0.3, 0.4) is 0 Å². The fourth-order valence-corrected chi connectivity index (χ4v) is 3.50. The zero-order chi connectivity index (χ0) is 25.2. The van der Waals surface area contributed by atoms with E-state index in [1.165, 1.54) is 0 Å². The van der Waals surface area contributed by atoms with Crippen molar-refractivity contribution in [3.05, 3.63) is 77.8 Å². The Morgan fingerprint density at radius 1 is 0.657 bits per heavy atom. The maximum atomic E-state index is 4.52. The zero-order valence-corrected chi connectivity index (χ0v) is 21.3. The van der Waals surface area contributed by atoms with Crippen molar-refractivity contribution in [3.8, 4) is 11.3 Å². The molecule has 7 heteroatoms. The summed E-state index contributed by atoms with van der Waals surface area (Å²) in [5.74, 6) is 0. The van der Waals surface area contributed by atoms with Gasteiger partial charge in [0.25, 0.3) is 0 Å². The molecule has 0 unspecified atom stereocenters. The minimum Gasteiger partial charge on any atom is -0.288 e. The van der Waals surface area contributed by atoms with Crippen LogP contribution in [0.15, 0.2) is 65.7 Å². The molecule has 5 aromatic rings. The fourth-order valence-electron chi connectivity index (χ4n) is 3.50. The second-order valence-corrected chi connectivity index (χ2v) is 7.36. The smallest absolute Gasteiger partial charge is 0.120 e. The van der Waals surface area contributed by atoms with Gasteiger partial charge in [-0.3, -0.25) is 15.2 Å². The van der Waals surface area contributed by atoms with Crippen LogP contribution in [-0.2, 0) is 0 Å². The Labute approximate surface area is 206 Å². The first-order chi connectivity index (χ1) is 17.2. The predicted molar refractivity (Wildman–Crippen MR) is 147 cm³/mol. The van der Waals surface area contributed by atoms with Crippen LogP contribution in [0.1, 0.15) is 44.8 Å². The Morgan fingerprint density at radius 2 is 1.20 bits per heavy atom. The first kappa shape index (κ1) is 25.5. The summed E-state index contributed by atoms with van der Waals surface area (Å²) in [6.07, 6.45) is 3.90. The highest BCUT2D eigenvalue weighted by Gasteiger charge is 2.12. The summed E-state index contributed by atoms with van der Waals surface area (Å²) in [4.78, 5) is 13.2. The van der Waals surface area contributed by atoms with Crippen molar-refractivity contribution in [2.24, 2.45) is 4.99 Å². The topological polar surface area (TPSA) is 95.5 Å². The third kappa shape index (κ3) is 5.87. The van der Waals surface area contributed by atoms with E-state index in [9.17, 15) is 0 Å². The van der Waals surface area contributed by atoms with Gasteiger partial charge in [0.2, 0.25) is 0 Å². The number of H-pyrrole nitrogens is 2. The van der Waals surface area contributed by atoms with Crippen molar-refractivity contribution < 1.29 is 0 Å². The molecule has 1 aliphatic rings. The molecule has 2 N–H and O–H groups in total. The van der Waals surface area contributed by atoms with E-state index in [0.717, 1.165) is 62.5 Å². The van der Waals surface area contributed by atoms with Crippen molar-refractivity contribution in [2.45, 2.75) is 41.5 Å². The van der Waals surface area contributed by atoms with E-state index >= 15 is 0 Å². The molecule has 5 heterocycles. The number of aromatic amines is 2. The average Bonchev–Trinajstić information content (AvgIpc) is 3.67. The molecule has 6 rings (SSSR count). The highest BCUT2D eigenvalue weighted by molar-refractivity contribution is 6.14. The van der Waals surface area contributed by atoms with Crippen LogP contribution >= 0.6 is 0 Å². The maximum Gasteiger partial charge on any atom is 0.120 e. The molecule has 0 atom stereocenters. The van der Waals surface area contributed by atoms with Crippen molar-refractivity contribution >= 4 is 33.9 Å². The Bertz CT molecular complexity index is 1430. The summed E-state index contributed by atoms with van der Waals surface area (Å²) in [6, 6.07) is 18.1. The van der Waals surface area contributed by atoms with Crippen molar-refractivity contribution in [1.29, 1.82) is 0 Å². The van der Waals surface area contributed by atoms with Crippen molar-refractivity contribution in [1.82, 2.24) is 30.4 Å². The van der Waals surface area contributed by atoms with Crippen LogP contribution in [0.5, 0.6) is 0 Å². The molecule has 0 saturated carbocycles. The van der Waals surface area contributed by atoms with Crippen LogP contribution < -0.4 is 0 Å². The fraction of sp³-hybridized carbons (Fsp3) is 0.250. The highest BCUT2D eigenvalue weighted by atomic mass is 15.1. The Hall–Kier alpha value is -4.13. The number of rotatable bonds is 2. The van der Waals surface area contributed by atoms with E-state index in [4.69, 9.17) is 0 Å². The number of aliphatic imine (C=N–C) groups is 1. The number of hydrogen-bond acceptors (Lipinski definition) is 5. The van der Waals surface area contributed by atoms with Gasteiger partial charge < -0.3 is 0 Å². The van der Waals surface area contributed by atoms with E-state index in [-0.39, 0.29) is 0 Å². The Balaban J connectivity index is 0.000000172. The minimum atomic E-state index is 0.746. The lowest BCUT2D eigenvalue weighted by atomic mass is 10.1. The lowest BCUT2D eigenvalue weighted by Gasteiger charge is -1.97. The van der Waals surface area contributed by atoms with Crippen LogP contribution in [0.2, 0.25) is 0 Å². The van der Waals surface area contributed by atoms with Crippen LogP contribution in [0, 0.1) is 13.8 Å². The maximum absolute atomic E-state index is 4.52. The Morgan fingerprint density at radius 3 is 1.74 bits per heavy atom. The van der Waals surface area contributed by atoms with E-state index in [1.807, 2.05) is 102 Å². The molecule has 1 aliphatic heterocycles. The standard InChI is InChI=1S/C13H11N3.C11H10N4.2C2H6/c1-9-7-8-11-13(14-9)12(16-15-11)10-5-3-2-4-6-10;1-7-2-3-9-11(13-7)10(15-14-9)8-4-5-12-6-8;2*1-2/h2-8H,1H3,(H,15,16);2-4,6H,5H2,1H3,(H,14,15);2*1-2H3. The summed E-state index contributed by atoms with van der Waals surface area (Å²) < 4.78 is 0. The number of fused-ring (bicyclic) bond motifs is 2. The summed E-state index contributed by atoms with van der Waals surface area (Å²) in [6.45, 7) is 12.7. The quantitative estimate of drug-likeness (QED) is 0.301. The number of allylic oxidation sites excluding steroid dienone is 1. The molecule has 0 saturated heterocycles. The van der Waals surface area contributed by atoms with E-state index in [2.05, 4.69) is 41.4 Å². The molecular weight excluding hydrogens is 434 g/mol. The monoisotopic (exact) mass is 467 g/mol. The molecule has 7 nitrogen and oxygen atoms in total. The first-order valence-corrected chi connectivity index (χ1v) is 12.1. The van der Waals surface area contributed by atoms with Gasteiger partial charge in [0, 0.05) is 28.7 Å². The number of hydrogen-bond donors (Lipinski definition) is 2. The molecular formula is C28H33N7. The van der Waals surface area contributed by atoms with Gasteiger partial charge in [-0.25, -0.2) is 9.97 Å². The predicted octanol–water partition coefficient (Wildman–Crippen LogP) is 6.72. The number of nitrogens with one attached hydrogen (secondary N) is 2. The van der Waals surface area contributed by atoms with Gasteiger partial charge in [0.15, 0.2) is 0 Å². The summed E-state index contributed by atoms with van der Waals surface area (Å²) >= 11 is 0. The van der Waals surface area contributed by atoms with Gasteiger partial charge in [-0.2, -0.15) is 10.2 Å². The molecule has 0 radical (unpaired) electrons. The lowest BCUT2D eigenvalue weighted by Crippen LogP contribution is -1.87. The molecule has 0 bridgehead atoms. The molecule has 0 aliphatic carbocycles. The van der Waals surface area contributed by atoms with Gasteiger partial charge >= 0.3 is 0 Å². The Kier molecular flexibility index (Phi) is 9.01. The SMILES string of the molecule is CC.CC.Cc1ccc2[nH]nc(-c3ccccc3)c2n1.Cc1ccc2[nH]nc(C3=CCN=C3)c2n1.